The molecule has 0 aliphatic carbocycles. The average molecular weight is 321 g/mol. The van der Waals surface area contributed by atoms with Crippen molar-refractivity contribution in [2.45, 2.75) is 38.7 Å². The molecule has 1 aromatic carbocycles. The molecule has 0 radical (unpaired) electrons. The molecule has 1 atom stereocenters. The molecule has 124 valence electrons. The Morgan fingerprint density at radius 3 is 2.05 bits per heavy atom. The molecule has 1 unspecified atom stereocenters. The second-order valence-electron chi connectivity index (χ2n) is 5.64. The van der Waals surface area contributed by atoms with Crippen LogP contribution in [0.25, 0.3) is 0 Å². The van der Waals surface area contributed by atoms with E-state index >= 15 is 0 Å². The van der Waals surface area contributed by atoms with Crippen LogP contribution >= 0.6 is 0 Å². The zero-order valence-corrected chi connectivity index (χ0v) is 12.4. The highest BCUT2D eigenvalue weighted by atomic mass is 19.4. The van der Waals surface area contributed by atoms with Crippen LogP contribution < -0.4 is 4.74 Å². The van der Waals surface area contributed by atoms with Crippen molar-refractivity contribution in [3.05, 3.63) is 29.8 Å². The van der Waals surface area contributed by atoms with Gasteiger partial charge in [0, 0.05) is 5.54 Å². The number of aliphatic hydroxyl groups is 1. The highest BCUT2D eigenvalue weighted by Crippen LogP contribution is 2.30. The van der Waals surface area contributed by atoms with Crippen LogP contribution in [0.2, 0.25) is 0 Å². The van der Waals surface area contributed by atoms with Gasteiger partial charge in [-0.25, -0.2) is 4.79 Å². The second kappa shape index (κ2) is 6.43. The molecule has 1 aromatic rings. The average Bonchev–Trinajstić information content (AvgIpc) is 2.32. The molecule has 0 bridgehead atoms. The van der Waals surface area contributed by atoms with E-state index in [2.05, 4.69) is 4.74 Å². The summed E-state index contributed by atoms with van der Waals surface area (Å²) in [6.07, 6.45) is -6.03. The van der Waals surface area contributed by atoms with Gasteiger partial charge in [-0.1, -0.05) is 12.1 Å². The molecule has 0 aliphatic heterocycles. The van der Waals surface area contributed by atoms with Crippen molar-refractivity contribution in [2.75, 3.05) is 6.61 Å². The molecule has 0 fully saturated rings. The van der Waals surface area contributed by atoms with Gasteiger partial charge in [0.15, 0.2) is 0 Å². The van der Waals surface area contributed by atoms with Gasteiger partial charge in [-0.15, -0.1) is 13.2 Å². The van der Waals surface area contributed by atoms with E-state index in [9.17, 15) is 28.2 Å². The lowest BCUT2D eigenvalue weighted by atomic mass is 9.99. The first-order chi connectivity index (χ1) is 9.95. The van der Waals surface area contributed by atoms with E-state index in [0.717, 1.165) is 17.0 Å². The third-order valence-corrected chi connectivity index (χ3v) is 2.91. The van der Waals surface area contributed by atoms with Gasteiger partial charge in [-0.05, 0) is 38.5 Å². The first kappa shape index (κ1) is 18.1. The molecule has 0 aliphatic rings. The summed E-state index contributed by atoms with van der Waals surface area (Å²) in [6.45, 7) is 4.48. The maximum absolute atomic E-state index is 12.1. The quantitative estimate of drug-likeness (QED) is 0.892. The molecule has 0 aromatic heterocycles. The Morgan fingerprint density at radius 1 is 1.23 bits per heavy atom. The summed E-state index contributed by atoms with van der Waals surface area (Å²) in [6, 6.07) is 3.85. The van der Waals surface area contributed by atoms with Crippen LogP contribution in [0.4, 0.5) is 18.0 Å². The van der Waals surface area contributed by atoms with Crippen LogP contribution in [0, 0.1) is 0 Å². The summed E-state index contributed by atoms with van der Waals surface area (Å²) in [5, 5.41) is 18.8. The summed E-state index contributed by atoms with van der Waals surface area (Å²) in [4.78, 5) is 12.5. The summed E-state index contributed by atoms with van der Waals surface area (Å²) in [5.74, 6) is -0.412. The zero-order chi connectivity index (χ0) is 17.1. The molecule has 0 saturated carbocycles. The molecular formula is C14H18F3NO4. The molecule has 5 nitrogen and oxygen atoms in total. The third kappa shape index (κ3) is 4.80. The molecule has 2 N–H and O–H groups in total. The summed E-state index contributed by atoms with van der Waals surface area (Å²) in [7, 11) is 0. The van der Waals surface area contributed by atoms with Crippen LogP contribution in [-0.4, -0.2) is 39.7 Å². The minimum atomic E-state index is -4.80. The topological polar surface area (TPSA) is 70.0 Å². The van der Waals surface area contributed by atoms with Crippen LogP contribution in [0.5, 0.6) is 5.75 Å². The molecule has 0 heterocycles. The number of alkyl halides is 3. The fourth-order valence-electron chi connectivity index (χ4n) is 2.12. The van der Waals surface area contributed by atoms with E-state index in [-0.39, 0.29) is 0 Å². The monoisotopic (exact) mass is 321 g/mol. The van der Waals surface area contributed by atoms with Crippen molar-refractivity contribution in [1.29, 1.82) is 0 Å². The predicted octanol–water partition coefficient (Wildman–Crippen LogP) is 3.40. The lowest BCUT2D eigenvalue weighted by Crippen LogP contribution is -2.48. The normalized spacial score (nSPS) is 13.6. The Balaban J connectivity index is 3.07. The van der Waals surface area contributed by atoms with Crippen LogP contribution in [-0.2, 0) is 0 Å². The molecule has 1 amide bonds. The summed E-state index contributed by atoms with van der Waals surface area (Å²) < 4.78 is 40.1. The van der Waals surface area contributed by atoms with Gasteiger partial charge in [0.1, 0.15) is 5.75 Å². The van der Waals surface area contributed by atoms with Crippen molar-refractivity contribution in [3.63, 3.8) is 0 Å². The number of aliphatic hydroxyl groups excluding tert-OH is 1. The smallest absolute Gasteiger partial charge is 0.465 e. The SMILES string of the molecule is CC(C)(C)N(C(=O)O)C(CO)c1ccc(OC(F)(F)F)cc1. The highest BCUT2D eigenvalue weighted by molar-refractivity contribution is 5.67. The van der Waals surface area contributed by atoms with Crippen molar-refractivity contribution < 1.29 is 32.9 Å². The van der Waals surface area contributed by atoms with Gasteiger partial charge in [-0.3, -0.25) is 4.90 Å². The number of halogens is 3. The molecule has 8 heteroatoms. The van der Waals surface area contributed by atoms with Gasteiger partial charge in [-0.2, -0.15) is 0 Å². The number of rotatable bonds is 4. The number of benzene rings is 1. The van der Waals surface area contributed by atoms with E-state index in [1.807, 2.05) is 0 Å². The van der Waals surface area contributed by atoms with Crippen LogP contribution in [0.15, 0.2) is 24.3 Å². The number of hydrogen-bond acceptors (Lipinski definition) is 3. The lowest BCUT2D eigenvalue weighted by molar-refractivity contribution is -0.274. The van der Waals surface area contributed by atoms with Gasteiger partial charge >= 0.3 is 12.5 Å². The Morgan fingerprint density at radius 2 is 1.73 bits per heavy atom. The maximum Gasteiger partial charge on any atom is 0.573 e. The van der Waals surface area contributed by atoms with Gasteiger partial charge < -0.3 is 14.9 Å². The van der Waals surface area contributed by atoms with E-state index in [4.69, 9.17) is 0 Å². The van der Waals surface area contributed by atoms with E-state index < -0.39 is 36.4 Å². The minimum Gasteiger partial charge on any atom is -0.465 e. The third-order valence-electron chi connectivity index (χ3n) is 2.91. The van der Waals surface area contributed by atoms with Crippen LogP contribution in [0.3, 0.4) is 0 Å². The molecular weight excluding hydrogens is 303 g/mol. The van der Waals surface area contributed by atoms with E-state index in [1.165, 1.54) is 12.1 Å². The second-order valence-corrected chi connectivity index (χ2v) is 5.64. The first-order valence-corrected chi connectivity index (χ1v) is 6.44. The van der Waals surface area contributed by atoms with Gasteiger partial charge in [0.2, 0.25) is 0 Å². The zero-order valence-electron chi connectivity index (χ0n) is 12.4. The van der Waals surface area contributed by atoms with E-state index in [0.29, 0.717) is 5.56 Å². The number of carboxylic acid groups (broad SMARTS) is 1. The van der Waals surface area contributed by atoms with E-state index in [1.54, 1.807) is 20.8 Å². The lowest BCUT2D eigenvalue weighted by Gasteiger charge is -2.39. The fourth-order valence-corrected chi connectivity index (χ4v) is 2.12. The fraction of sp³-hybridized carbons (Fsp3) is 0.500. The summed E-state index contributed by atoms with van der Waals surface area (Å²) in [5.41, 5.74) is -0.422. The standard InChI is InChI=1S/C14H18F3NO4/c1-13(2,3)18(12(20)21)11(8-19)9-4-6-10(7-5-9)22-14(15,16)17/h4-7,11,19H,8H2,1-3H3,(H,20,21). The number of nitrogens with zero attached hydrogens (tertiary/aromatic N) is 1. The van der Waals surface area contributed by atoms with Crippen molar-refractivity contribution in [2.24, 2.45) is 0 Å². The Kier molecular flexibility index (Phi) is 5.29. The summed E-state index contributed by atoms with van der Waals surface area (Å²) >= 11 is 0. The van der Waals surface area contributed by atoms with Crippen molar-refractivity contribution in [1.82, 2.24) is 4.90 Å². The maximum atomic E-state index is 12.1. The first-order valence-electron chi connectivity index (χ1n) is 6.44. The molecule has 0 saturated heterocycles. The number of ether oxygens (including phenoxy) is 1. The minimum absolute atomic E-state index is 0.370. The molecule has 0 spiro atoms. The predicted molar refractivity (Wildman–Crippen MR) is 72.6 cm³/mol. The molecule has 1 rings (SSSR count). The van der Waals surface area contributed by atoms with Gasteiger partial charge in [0.25, 0.3) is 0 Å². The number of hydrogen-bond donors (Lipinski definition) is 2. The Hall–Kier alpha value is -1.96. The highest BCUT2D eigenvalue weighted by Gasteiger charge is 2.34. The molecule has 22 heavy (non-hydrogen) atoms. The largest absolute Gasteiger partial charge is 0.573 e. The Bertz CT molecular complexity index is 508. The van der Waals surface area contributed by atoms with Crippen molar-refractivity contribution in [3.8, 4) is 5.75 Å². The van der Waals surface area contributed by atoms with Gasteiger partial charge in [0.05, 0.1) is 12.6 Å². The number of carbonyl (C=O) groups is 1. The number of amides is 1. The van der Waals surface area contributed by atoms with Crippen molar-refractivity contribution >= 4 is 6.09 Å². The Labute approximate surface area is 125 Å². The van der Waals surface area contributed by atoms with Crippen LogP contribution in [0.1, 0.15) is 32.4 Å².